The van der Waals surface area contributed by atoms with E-state index in [1.54, 1.807) is 11.3 Å². The number of urea groups is 1. The molecule has 1 aromatic heterocycles. The number of hydrogen-bond acceptors (Lipinski definition) is 5. The van der Waals surface area contributed by atoms with Crippen LogP contribution in [0.15, 0.2) is 24.3 Å². The molecule has 1 aromatic carbocycles. The van der Waals surface area contributed by atoms with E-state index in [-0.39, 0.29) is 12.1 Å². The molecule has 1 fully saturated rings. The molecule has 0 atom stereocenters. The SMILES string of the molecule is CCN(CC)CCNC(=O)NC1CCN(c2nc3ccccc3s2)CC1. The van der Waals surface area contributed by atoms with Gasteiger partial charge >= 0.3 is 6.03 Å². The normalized spacial score (nSPS) is 15.6. The summed E-state index contributed by atoms with van der Waals surface area (Å²) >= 11 is 1.75. The van der Waals surface area contributed by atoms with Gasteiger partial charge in [-0.05, 0) is 38.1 Å². The smallest absolute Gasteiger partial charge is 0.315 e. The fourth-order valence-electron chi connectivity index (χ4n) is 3.31. The van der Waals surface area contributed by atoms with Gasteiger partial charge in [0, 0.05) is 32.2 Å². The molecule has 26 heavy (non-hydrogen) atoms. The molecule has 1 saturated heterocycles. The minimum atomic E-state index is -0.0457. The van der Waals surface area contributed by atoms with Crippen LogP contribution in [0.25, 0.3) is 10.2 Å². The minimum absolute atomic E-state index is 0.0457. The Morgan fingerprint density at radius 2 is 2.00 bits per heavy atom. The van der Waals surface area contributed by atoms with Crippen molar-refractivity contribution in [2.45, 2.75) is 32.7 Å². The highest BCUT2D eigenvalue weighted by Crippen LogP contribution is 2.30. The molecule has 0 bridgehead atoms. The zero-order valence-corrected chi connectivity index (χ0v) is 16.5. The summed E-state index contributed by atoms with van der Waals surface area (Å²) in [6.45, 7) is 9.78. The average molecular weight is 376 g/mol. The summed E-state index contributed by atoms with van der Waals surface area (Å²) in [5, 5.41) is 7.18. The van der Waals surface area contributed by atoms with Gasteiger partial charge in [0.2, 0.25) is 0 Å². The van der Waals surface area contributed by atoms with E-state index < -0.39 is 0 Å². The molecule has 1 aliphatic rings. The fourth-order valence-corrected chi connectivity index (χ4v) is 4.33. The van der Waals surface area contributed by atoms with Gasteiger partial charge in [-0.1, -0.05) is 37.3 Å². The van der Waals surface area contributed by atoms with E-state index in [1.807, 2.05) is 6.07 Å². The average Bonchev–Trinajstić information content (AvgIpc) is 3.10. The predicted molar refractivity (Wildman–Crippen MR) is 109 cm³/mol. The van der Waals surface area contributed by atoms with Gasteiger partial charge in [-0.25, -0.2) is 9.78 Å². The largest absolute Gasteiger partial charge is 0.348 e. The number of carbonyl (C=O) groups excluding carboxylic acids is 1. The van der Waals surface area contributed by atoms with Crippen molar-refractivity contribution in [3.05, 3.63) is 24.3 Å². The first kappa shape index (κ1) is 18.9. The van der Waals surface area contributed by atoms with Gasteiger partial charge in [0.25, 0.3) is 0 Å². The lowest BCUT2D eigenvalue weighted by atomic mass is 10.1. The lowest BCUT2D eigenvalue weighted by molar-refractivity contribution is 0.231. The van der Waals surface area contributed by atoms with Crippen LogP contribution in [-0.4, -0.2) is 61.2 Å². The third kappa shape index (κ3) is 4.86. The highest BCUT2D eigenvalue weighted by atomic mass is 32.1. The van der Waals surface area contributed by atoms with Gasteiger partial charge in [0.1, 0.15) is 0 Å². The number of nitrogens with one attached hydrogen (secondary N) is 2. The molecule has 2 heterocycles. The second-order valence-corrected chi connectivity index (χ2v) is 7.66. The third-order valence-electron chi connectivity index (χ3n) is 4.99. The summed E-state index contributed by atoms with van der Waals surface area (Å²) in [5.74, 6) is 0. The van der Waals surface area contributed by atoms with E-state index >= 15 is 0 Å². The van der Waals surface area contributed by atoms with Crippen LogP contribution in [0.3, 0.4) is 0 Å². The number of piperidine rings is 1. The van der Waals surface area contributed by atoms with Crippen LogP contribution < -0.4 is 15.5 Å². The molecule has 1 aliphatic heterocycles. The molecule has 6 nitrogen and oxygen atoms in total. The number of thiazole rings is 1. The molecule has 0 radical (unpaired) electrons. The van der Waals surface area contributed by atoms with Gasteiger partial charge in [0.15, 0.2) is 5.13 Å². The molecule has 2 amide bonds. The topological polar surface area (TPSA) is 60.5 Å². The van der Waals surface area contributed by atoms with E-state index in [1.165, 1.54) is 4.70 Å². The number of amides is 2. The molecule has 2 aromatic rings. The first-order valence-electron chi connectivity index (χ1n) is 9.56. The van der Waals surface area contributed by atoms with Gasteiger partial charge < -0.3 is 20.4 Å². The van der Waals surface area contributed by atoms with Crippen LogP contribution in [0.5, 0.6) is 0 Å². The second-order valence-electron chi connectivity index (χ2n) is 6.65. The van der Waals surface area contributed by atoms with E-state index in [0.29, 0.717) is 6.54 Å². The van der Waals surface area contributed by atoms with E-state index in [9.17, 15) is 4.79 Å². The first-order valence-corrected chi connectivity index (χ1v) is 10.4. The number of para-hydroxylation sites is 1. The maximum absolute atomic E-state index is 12.1. The zero-order valence-electron chi connectivity index (χ0n) is 15.7. The summed E-state index contributed by atoms with van der Waals surface area (Å²) < 4.78 is 1.23. The lowest BCUT2D eigenvalue weighted by Gasteiger charge is -2.32. The summed E-state index contributed by atoms with van der Waals surface area (Å²) in [5.41, 5.74) is 1.07. The van der Waals surface area contributed by atoms with Crippen molar-refractivity contribution in [1.82, 2.24) is 20.5 Å². The number of anilines is 1. The van der Waals surface area contributed by atoms with Crippen LogP contribution in [-0.2, 0) is 0 Å². The number of nitrogens with zero attached hydrogens (tertiary/aromatic N) is 3. The van der Waals surface area contributed by atoms with Crippen molar-refractivity contribution in [1.29, 1.82) is 0 Å². The Kier molecular flexibility index (Phi) is 6.68. The lowest BCUT2D eigenvalue weighted by Crippen LogP contribution is -2.49. The van der Waals surface area contributed by atoms with Crippen molar-refractivity contribution in [3.63, 3.8) is 0 Å². The van der Waals surface area contributed by atoms with Crippen molar-refractivity contribution in [2.24, 2.45) is 0 Å². The predicted octanol–water partition coefficient (Wildman–Crippen LogP) is 2.91. The Balaban J connectivity index is 1.41. The highest BCUT2D eigenvalue weighted by molar-refractivity contribution is 7.22. The fraction of sp³-hybridized carbons (Fsp3) is 0.579. The van der Waals surface area contributed by atoms with Crippen LogP contribution in [0, 0.1) is 0 Å². The monoisotopic (exact) mass is 375 g/mol. The number of likely N-dealkylation sites (N-methyl/N-ethyl adjacent to an activating group) is 1. The number of benzene rings is 1. The molecule has 142 valence electrons. The highest BCUT2D eigenvalue weighted by Gasteiger charge is 2.22. The molecule has 3 rings (SSSR count). The summed E-state index contributed by atoms with van der Waals surface area (Å²) in [7, 11) is 0. The number of aromatic nitrogens is 1. The molecule has 0 unspecified atom stereocenters. The standard InChI is InChI=1S/C19H29N5OS/c1-3-23(4-2)14-11-20-18(25)21-15-9-12-24(13-10-15)19-22-16-7-5-6-8-17(16)26-19/h5-8,15H,3-4,9-14H2,1-2H3,(H2,20,21,25). The Hall–Kier alpha value is -1.86. The molecule has 0 spiro atoms. The molecule has 0 saturated carbocycles. The minimum Gasteiger partial charge on any atom is -0.348 e. The van der Waals surface area contributed by atoms with Crippen LogP contribution >= 0.6 is 11.3 Å². The molecule has 2 N–H and O–H groups in total. The van der Waals surface area contributed by atoms with Crippen molar-refractivity contribution in [3.8, 4) is 0 Å². The van der Waals surface area contributed by atoms with E-state index in [4.69, 9.17) is 4.98 Å². The molecule has 7 heteroatoms. The summed E-state index contributed by atoms with van der Waals surface area (Å²) in [6, 6.07) is 8.46. The van der Waals surface area contributed by atoms with Gasteiger partial charge in [0.05, 0.1) is 10.2 Å². The van der Waals surface area contributed by atoms with Crippen molar-refractivity contribution in [2.75, 3.05) is 44.2 Å². The Morgan fingerprint density at radius 1 is 1.27 bits per heavy atom. The maximum Gasteiger partial charge on any atom is 0.315 e. The summed E-state index contributed by atoms with van der Waals surface area (Å²) in [6.07, 6.45) is 1.92. The van der Waals surface area contributed by atoms with Crippen LogP contribution in [0.4, 0.5) is 9.93 Å². The zero-order chi connectivity index (χ0) is 18.4. The van der Waals surface area contributed by atoms with Crippen molar-refractivity contribution >= 4 is 32.7 Å². The quantitative estimate of drug-likeness (QED) is 0.781. The summed E-state index contributed by atoms with van der Waals surface area (Å²) in [4.78, 5) is 21.4. The number of rotatable bonds is 7. The van der Waals surface area contributed by atoms with Crippen molar-refractivity contribution < 1.29 is 4.79 Å². The molecule has 0 aliphatic carbocycles. The Bertz CT molecular complexity index is 674. The second kappa shape index (κ2) is 9.19. The van der Waals surface area contributed by atoms with E-state index in [2.05, 4.69) is 52.5 Å². The number of fused-ring (bicyclic) bond motifs is 1. The Morgan fingerprint density at radius 3 is 2.69 bits per heavy atom. The van der Waals surface area contributed by atoms with E-state index in [0.717, 1.165) is 56.2 Å². The Labute approximate surface area is 159 Å². The van der Waals surface area contributed by atoms with Gasteiger partial charge in [-0.3, -0.25) is 0 Å². The van der Waals surface area contributed by atoms with Gasteiger partial charge in [-0.2, -0.15) is 0 Å². The number of hydrogen-bond donors (Lipinski definition) is 2. The van der Waals surface area contributed by atoms with Crippen LogP contribution in [0.2, 0.25) is 0 Å². The third-order valence-corrected chi connectivity index (χ3v) is 6.09. The van der Waals surface area contributed by atoms with Crippen LogP contribution in [0.1, 0.15) is 26.7 Å². The maximum atomic E-state index is 12.1. The first-order chi connectivity index (χ1) is 12.7. The number of carbonyl (C=O) groups is 1. The van der Waals surface area contributed by atoms with Gasteiger partial charge in [-0.15, -0.1) is 0 Å². The molecular formula is C19H29N5OS. The molecular weight excluding hydrogens is 346 g/mol.